The predicted molar refractivity (Wildman–Crippen MR) is 58.3 cm³/mol. The van der Waals surface area contributed by atoms with Gasteiger partial charge >= 0.3 is 0 Å². The second-order valence-corrected chi connectivity index (χ2v) is 3.58. The van der Waals surface area contributed by atoms with Gasteiger partial charge in [-0.3, -0.25) is 9.27 Å². The molecule has 14 heavy (non-hydrogen) atoms. The van der Waals surface area contributed by atoms with Crippen LogP contribution < -0.4 is 4.72 Å². The average molecular weight is 207 g/mol. The maximum atomic E-state index is 10.6. The van der Waals surface area contributed by atoms with Crippen LogP contribution in [-0.2, 0) is 11.3 Å². The molecule has 2 rings (SSSR count). The van der Waals surface area contributed by atoms with Crippen LogP contribution >= 0.6 is 0 Å². The molecular formula is C10H9NO2S. The van der Waals surface area contributed by atoms with E-state index in [9.17, 15) is 4.21 Å². The highest BCUT2D eigenvalue weighted by molar-refractivity contribution is 7.80. The summed E-state index contributed by atoms with van der Waals surface area (Å²) in [5, 5.41) is 1.99. The SMILES string of the molecule is O=S(O)Nc1cccc2ccccc12. The number of nitrogens with one attached hydrogen (secondary N) is 1. The van der Waals surface area contributed by atoms with E-state index in [-0.39, 0.29) is 0 Å². The van der Waals surface area contributed by atoms with Crippen molar-refractivity contribution in [1.82, 2.24) is 0 Å². The lowest BCUT2D eigenvalue weighted by Crippen LogP contribution is -2.01. The van der Waals surface area contributed by atoms with Gasteiger partial charge < -0.3 is 0 Å². The highest BCUT2D eigenvalue weighted by atomic mass is 32.2. The quantitative estimate of drug-likeness (QED) is 0.743. The fourth-order valence-electron chi connectivity index (χ4n) is 1.41. The van der Waals surface area contributed by atoms with Crippen LogP contribution in [0, 0.1) is 0 Å². The highest BCUT2D eigenvalue weighted by Gasteiger charge is 2.00. The number of hydrogen-bond donors (Lipinski definition) is 2. The molecule has 72 valence electrons. The van der Waals surface area contributed by atoms with Gasteiger partial charge in [-0.1, -0.05) is 36.4 Å². The average Bonchev–Trinajstić information content (AvgIpc) is 2.18. The van der Waals surface area contributed by atoms with Crippen molar-refractivity contribution in [3.05, 3.63) is 42.5 Å². The Kier molecular flexibility index (Phi) is 2.47. The summed E-state index contributed by atoms with van der Waals surface area (Å²) in [6, 6.07) is 13.3. The first kappa shape index (κ1) is 9.18. The Balaban J connectivity index is 2.59. The number of benzene rings is 2. The van der Waals surface area contributed by atoms with Crippen molar-refractivity contribution in [2.75, 3.05) is 4.72 Å². The molecule has 4 heteroatoms. The standard InChI is InChI=1S/C10H9NO2S/c12-14(13)11-10-7-3-5-8-4-1-2-6-9(8)10/h1-7,11H,(H,12,13). The van der Waals surface area contributed by atoms with Crippen LogP contribution in [0.15, 0.2) is 42.5 Å². The van der Waals surface area contributed by atoms with E-state index in [0.29, 0.717) is 5.69 Å². The smallest absolute Gasteiger partial charge is 0.259 e. The normalized spacial score (nSPS) is 12.6. The molecule has 2 aromatic carbocycles. The van der Waals surface area contributed by atoms with Crippen LogP contribution in [-0.4, -0.2) is 8.76 Å². The first-order valence-corrected chi connectivity index (χ1v) is 5.23. The number of anilines is 1. The van der Waals surface area contributed by atoms with E-state index >= 15 is 0 Å². The van der Waals surface area contributed by atoms with E-state index < -0.39 is 11.3 Å². The van der Waals surface area contributed by atoms with E-state index in [1.165, 1.54) is 0 Å². The fraction of sp³-hybridized carbons (Fsp3) is 0. The van der Waals surface area contributed by atoms with Gasteiger partial charge in [0.05, 0.1) is 5.69 Å². The van der Waals surface area contributed by atoms with Crippen molar-refractivity contribution in [1.29, 1.82) is 0 Å². The molecule has 2 aromatic rings. The topological polar surface area (TPSA) is 49.3 Å². The van der Waals surface area contributed by atoms with E-state index in [1.807, 2.05) is 36.4 Å². The number of fused-ring (bicyclic) bond motifs is 1. The number of rotatable bonds is 2. The van der Waals surface area contributed by atoms with Crippen molar-refractivity contribution in [3.8, 4) is 0 Å². The first-order valence-electron chi connectivity index (χ1n) is 4.12. The minimum atomic E-state index is -2.02. The molecular weight excluding hydrogens is 198 g/mol. The lowest BCUT2D eigenvalue weighted by atomic mass is 10.1. The van der Waals surface area contributed by atoms with Gasteiger partial charge in [0.2, 0.25) is 0 Å². The summed E-state index contributed by atoms with van der Waals surface area (Å²) in [4.78, 5) is 0. The monoisotopic (exact) mass is 207 g/mol. The predicted octanol–water partition coefficient (Wildman–Crippen LogP) is 2.39. The molecule has 0 radical (unpaired) electrons. The summed E-state index contributed by atoms with van der Waals surface area (Å²) in [6.07, 6.45) is 0. The second kappa shape index (κ2) is 3.77. The van der Waals surface area contributed by atoms with Gasteiger partial charge in [-0.05, 0) is 11.5 Å². The van der Waals surface area contributed by atoms with Crippen molar-refractivity contribution < 1.29 is 8.76 Å². The second-order valence-electron chi connectivity index (χ2n) is 2.88. The van der Waals surface area contributed by atoms with Gasteiger partial charge in [-0.25, -0.2) is 4.21 Å². The van der Waals surface area contributed by atoms with Gasteiger partial charge in [0.1, 0.15) is 0 Å². The third kappa shape index (κ3) is 1.76. The third-order valence-corrected chi connectivity index (χ3v) is 2.38. The Morgan fingerprint density at radius 2 is 1.79 bits per heavy atom. The zero-order valence-corrected chi connectivity index (χ0v) is 8.12. The van der Waals surface area contributed by atoms with Crippen LogP contribution in [0.4, 0.5) is 5.69 Å². The van der Waals surface area contributed by atoms with Crippen LogP contribution in [0.2, 0.25) is 0 Å². The third-order valence-electron chi connectivity index (χ3n) is 1.99. The Bertz CT molecular complexity index is 479. The molecule has 0 saturated heterocycles. The minimum absolute atomic E-state index is 0.670. The molecule has 1 unspecified atom stereocenters. The Morgan fingerprint density at radius 3 is 2.57 bits per heavy atom. The van der Waals surface area contributed by atoms with E-state index in [0.717, 1.165) is 10.8 Å². The molecule has 0 aliphatic carbocycles. The van der Waals surface area contributed by atoms with Gasteiger partial charge in [-0.15, -0.1) is 0 Å². The van der Waals surface area contributed by atoms with E-state index in [2.05, 4.69) is 4.72 Å². The minimum Gasteiger partial charge on any atom is -0.289 e. The zero-order valence-electron chi connectivity index (χ0n) is 7.31. The summed E-state index contributed by atoms with van der Waals surface area (Å²) >= 11 is -2.02. The molecule has 0 heterocycles. The van der Waals surface area contributed by atoms with Crippen molar-refractivity contribution >= 4 is 27.7 Å². The van der Waals surface area contributed by atoms with Crippen molar-refractivity contribution in [2.45, 2.75) is 0 Å². The zero-order chi connectivity index (χ0) is 9.97. The van der Waals surface area contributed by atoms with Gasteiger partial charge in [0, 0.05) is 5.39 Å². The van der Waals surface area contributed by atoms with Crippen LogP contribution in [0.25, 0.3) is 10.8 Å². The lowest BCUT2D eigenvalue weighted by Gasteiger charge is -2.05. The molecule has 0 fully saturated rings. The summed E-state index contributed by atoms with van der Waals surface area (Å²) in [7, 11) is 0. The summed E-state index contributed by atoms with van der Waals surface area (Å²) in [5.41, 5.74) is 0.670. The maximum Gasteiger partial charge on any atom is 0.259 e. The first-order chi connectivity index (χ1) is 6.77. The van der Waals surface area contributed by atoms with Crippen molar-refractivity contribution in [2.24, 2.45) is 0 Å². The maximum absolute atomic E-state index is 10.6. The fourth-order valence-corrected chi connectivity index (χ4v) is 1.77. The van der Waals surface area contributed by atoms with E-state index in [4.69, 9.17) is 4.55 Å². The van der Waals surface area contributed by atoms with Gasteiger partial charge in [0.25, 0.3) is 11.3 Å². The summed E-state index contributed by atoms with van der Waals surface area (Å²) < 4.78 is 21.8. The molecule has 0 spiro atoms. The molecule has 1 atom stereocenters. The largest absolute Gasteiger partial charge is 0.289 e. The molecule has 2 N–H and O–H groups in total. The van der Waals surface area contributed by atoms with Gasteiger partial charge in [0.15, 0.2) is 0 Å². The Hall–Kier alpha value is -1.39. The molecule has 3 nitrogen and oxygen atoms in total. The molecule has 0 aliphatic rings. The van der Waals surface area contributed by atoms with Crippen molar-refractivity contribution in [3.63, 3.8) is 0 Å². The van der Waals surface area contributed by atoms with Gasteiger partial charge in [-0.2, -0.15) is 0 Å². The Morgan fingerprint density at radius 1 is 1.07 bits per heavy atom. The molecule has 0 saturated carbocycles. The Labute approximate surface area is 84.2 Å². The molecule has 0 amide bonds. The lowest BCUT2D eigenvalue weighted by molar-refractivity contribution is 0.570. The van der Waals surface area contributed by atoms with Crippen LogP contribution in [0.3, 0.4) is 0 Å². The molecule has 0 bridgehead atoms. The molecule has 0 aromatic heterocycles. The summed E-state index contributed by atoms with van der Waals surface area (Å²) in [5.74, 6) is 0. The highest BCUT2D eigenvalue weighted by Crippen LogP contribution is 2.22. The van der Waals surface area contributed by atoms with E-state index in [1.54, 1.807) is 6.07 Å². The van der Waals surface area contributed by atoms with Crippen LogP contribution in [0.1, 0.15) is 0 Å². The molecule has 0 aliphatic heterocycles. The van der Waals surface area contributed by atoms with Crippen LogP contribution in [0.5, 0.6) is 0 Å². The number of hydrogen-bond acceptors (Lipinski definition) is 1. The summed E-state index contributed by atoms with van der Waals surface area (Å²) in [6.45, 7) is 0.